The first kappa shape index (κ1) is 22.8. The number of amides is 2. The van der Waals surface area contributed by atoms with E-state index in [9.17, 15) is 19.8 Å². The number of rotatable bonds is 2. The lowest BCUT2D eigenvalue weighted by molar-refractivity contribution is -0.119. The number of ether oxygens (including phenoxy) is 1. The minimum absolute atomic E-state index is 0.204. The van der Waals surface area contributed by atoms with Gasteiger partial charge in [0.05, 0.1) is 12.9 Å². The molecule has 0 aromatic carbocycles. The van der Waals surface area contributed by atoms with Gasteiger partial charge in [-0.05, 0) is 12.8 Å². The zero-order chi connectivity index (χ0) is 22.4. The predicted molar refractivity (Wildman–Crippen MR) is 107 cm³/mol. The molecule has 7 N–H and O–H groups in total. The number of nitrogens with zero attached hydrogens (tertiary/aromatic N) is 4. The number of carbonyl (C=O) groups is 2. The smallest absolute Gasteiger partial charge is 0.220 e. The molecule has 3 aliphatic rings. The molecule has 3 saturated heterocycles. The maximum atomic E-state index is 10.1. The second-order valence-corrected chi connectivity index (χ2v) is 7.22. The predicted octanol–water partition coefficient (Wildman–Crippen LogP) is -2.19. The van der Waals surface area contributed by atoms with E-state index in [1.54, 1.807) is 0 Å². The van der Waals surface area contributed by atoms with Crippen LogP contribution in [0.25, 0.3) is 11.2 Å². The van der Waals surface area contributed by atoms with Crippen molar-refractivity contribution in [3.05, 3.63) is 12.7 Å². The Hall–Kier alpha value is -2.87. The van der Waals surface area contributed by atoms with Gasteiger partial charge < -0.3 is 36.4 Å². The lowest BCUT2D eigenvalue weighted by Crippen LogP contribution is -2.33. The van der Waals surface area contributed by atoms with Crippen LogP contribution in [-0.2, 0) is 14.3 Å². The van der Waals surface area contributed by atoms with Crippen LogP contribution >= 0.6 is 0 Å². The van der Waals surface area contributed by atoms with Gasteiger partial charge in [-0.15, -0.1) is 0 Å². The Morgan fingerprint density at radius 2 is 1.71 bits per heavy atom. The molecule has 5 rings (SSSR count). The van der Waals surface area contributed by atoms with Crippen LogP contribution in [0.15, 0.2) is 12.7 Å². The molecule has 31 heavy (non-hydrogen) atoms. The molecule has 2 aromatic heterocycles. The normalized spacial score (nSPS) is 27.2. The summed E-state index contributed by atoms with van der Waals surface area (Å²) in [5.74, 6) is 0.625. The molecule has 4 atom stereocenters. The summed E-state index contributed by atoms with van der Waals surface area (Å²) in [6.45, 7) is 1.39. The fourth-order valence-electron chi connectivity index (χ4n) is 3.30. The molecule has 0 aliphatic carbocycles. The number of nitrogens with two attached hydrogens (primary N) is 1. The number of imidazole rings is 1. The van der Waals surface area contributed by atoms with Gasteiger partial charge in [0.2, 0.25) is 11.8 Å². The molecule has 0 bridgehead atoms. The summed E-state index contributed by atoms with van der Waals surface area (Å²) >= 11 is 0. The van der Waals surface area contributed by atoms with Crippen LogP contribution < -0.4 is 16.4 Å². The van der Waals surface area contributed by atoms with Crippen LogP contribution in [0, 0.1) is 0 Å². The summed E-state index contributed by atoms with van der Waals surface area (Å²) in [5, 5.41) is 34.1. The van der Waals surface area contributed by atoms with Gasteiger partial charge in [0.25, 0.3) is 0 Å². The lowest BCUT2D eigenvalue weighted by atomic mass is 10.1. The Kier molecular flexibility index (Phi) is 7.68. The first-order valence-electron chi connectivity index (χ1n) is 10.0. The summed E-state index contributed by atoms with van der Waals surface area (Å²) in [6.07, 6.45) is 2.10. The third-order valence-electron chi connectivity index (χ3n) is 4.98. The summed E-state index contributed by atoms with van der Waals surface area (Å²) in [4.78, 5) is 32.2. The van der Waals surface area contributed by atoms with Crippen LogP contribution in [0.2, 0.25) is 0 Å². The summed E-state index contributed by atoms with van der Waals surface area (Å²) in [5.41, 5.74) is 6.44. The van der Waals surface area contributed by atoms with Crippen molar-refractivity contribution in [2.75, 3.05) is 25.4 Å². The summed E-state index contributed by atoms with van der Waals surface area (Å²) in [6, 6.07) is 0. The Balaban J connectivity index is 0.000000184. The molecule has 0 radical (unpaired) electrons. The molecule has 3 aliphatic heterocycles. The van der Waals surface area contributed by atoms with Gasteiger partial charge in [-0.3, -0.25) is 14.2 Å². The molecule has 0 spiro atoms. The lowest BCUT2D eigenvalue weighted by Gasteiger charge is -2.16. The molecule has 170 valence electrons. The van der Waals surface area contributed by atoms with E-state index < -0.39 is 31.1 Å². The molecular formula is C18H27N7O6. The zero-order valence-corrected chi connectivity index (χ0v) is 16.8. The minimum atomic E-state index is -1.19. The van der Waals surface area contributed by atoms with E-state index in [1.807, 2.05) is 0 Å². The molecule has 5 heterocycles. The zero-order valence-electron chi connectivity index (χ0n) is 16.8. The third-order valence-corrected chi connectivity index (χ3v) is 4.98. The molecule has 0 saturated carbocycles. The fraction of sp³-hybridized carbons (Fsp3) is 0.611. The van der Waals surface area contributed by atoms with Gasteiger partial charge in [-0.25, -0.2) is 15.0 Å². The van der Waals surface area contributed by atoms with Crippen molar-refractivity contribution in [3.8, 4) is 0 Å². The molecule has 13 heteroatoms. The molecule has 2 aromatic rings. The molecule has 0 unspecified atom stereocenters. The van der Waals surface area contributed by atoms with Crippen molar-refractivity contribution in [2.45, 2.75) is 50.2 Å². The third kappa shape index (κ3) is 5.44. The van der Waals surface area contributed by atoms with Crippen molar-refractivity contribution in [1.82, 2.24) is 30.2 Å². The SMILES string of the molecule is Nc1ncnc2c1ncn2[C@@H]1O[C@H](CO)[C@@H](O)[C@H]1O.O=C1CCCN1.O=C1CCCN1. The topological polar surface area (TPSA) is 198 Å². The number of nitrogen functional groups attached to an aromatic ring is 1. The monoisotopic (exact) mass is 437 g/mol. The maximum absolute atomic E-state index is 10.1. The summed E-state index contributed by atoms with van der Waals surface area (Å²) in [7, 11) is 0. The minimum Gasteiger partial charge on any atom is -0.394 e. The van der Waals surface area contributed by atoms with Crippen molar-refractivity contribution >= 4 is 28.8 Å². The van der Waals surface area contributed by atoms with Crippen LogP contribution in [0.5, 0.6) is 0 Å². The molecule has 2 amide bonds. The molecule has 13 nitrogen and oxygen atoms in total. The first-order chi connectivity index (χ1) is 14.9. The van der Waals surface area contributed by atoms with E-state index >= 15 is 0 Å². The number of carbonyl (C=O) groups excluding carboxylic acids is 2. The van der Waals surface area contributed by atoms with Gasteiger partial charge in [-0.2, -0.15) is 0 Å². The van der Waals surface area contributed by atoms with Crippen LogP contribution in [0.3, 0.4) is 0 Å². The van der Waals surface area contributed by atoms with Gasteiger partial charge in [-0.1, -0.05) is 0 Å². The number of anilines is 1. The Bertz CT molecular complexity index is 871. The van der Waals surface area contributed by atoms with Gasteiger partial charge in [0.15, 0.2) is 17.7 Å². The highest BCUT2D eigenvalue weighted by molar-refractivity contribution is 5.81. The molecule has 3 fully saturated rings. The number of nitrogens with one attached hydrogen (secondary N) is 2. The number of fused-ring (bicyclic) bond motifs is 1. The maximum Gasteiger partial charge on any atom is 0.220 e. The number of hydrogen-bond donors (Lipinski definition) is 6. The van der Waals surface area contributed by atoms with Crippen molar-refractivity contribution in [2.24, 2.45) is 0 Å². The van der Waals surface area contributed by atoms with E-state index in [4.69, 9.17) is 15.6 Å². The quantitative estimate of drug-likeness (QED) is 0.300. The van der Waals surface area contributed by atoms with E-state index in [-0.39, 0.29) is 17.6 Å². The average Bonchev–Trinajstić information content (AvgIpc) is 3.55. The van der Waals surface area contributed by atoms with Crippen LogP contribution in [-0.4, -0.2) is 84.7 Å². The number of hydrogen-bond acceptors (Lipinski definition) is 10. The second kappa shape index (κ2) is 10.4. The number of aliphatic hydroxyl groups excluding tert-OH is 3. The Morgan fingerprint density at radius 3 is 2.16 bits per heavy atom. The van der Waals surface area contributed by atoms with Crippen molar-refractivity contribution < 1.29 is 29.6 Å². The molecular weight excluding hydrogens is 410 g/mol. The highest BCUT2D eigenvalue weighted by Crippen LogP contribution is 2.31. The van der Waals surface area contributed by atoms with Crippen molar-refractivity contribution in [1.29, 1.82) is 0 Å². The van der Waals surface area contributed by atoms with Gasteiger partial charge in [0.1, 0.15) is 30.2 Å². The van der Waals surface area contributed by atoms with Crippen LogP contribution in [0.1, 0.15) is 31.9 Å². The Morgan fingerprint density at radius 1 is 1.06 bits per heavy atom. The first-order valence-corrected chi connectivity index (χ1v) is 10.0. The van der Waals surface area contributed by atoms with Crippen molar-refractivity contribution in [3.63, 3.8) is 0 Å². The number of aromatic nitrogens is 4. The number of aliphatic hydroxyl groups is 3. The van der Waals surface area contributed by atoms with Gasteiger partial charge >= 0.3 is 0 Å². The fourth-order valence-corrected chi connectivity index (χ4v) is 3.30. The highest BCUT2D eigenvalue weighted by Gasteiger charge is 2.43. The van der Waals surface area contributed by atoms with E-state index in [0.717, 1.165) is 38.8 Å². The standard InChI is InChI=1S/C10H13N5O4.2C4H7NO/c11-8-5-9(13-2-12-8)15(3-14-5)10-7(18)6(17)4(1-16)19-10;2*6-4-2-1-3-5-4/h2-4,6-7,10,16-18H,1H2,(H2,11,12,13);2*1-3H2,(H,5,6)/t4-,6-,7-,10-;;/m1../s1. The second-order valence-electron chi connectivity index (χ2n) is 7.22. The average molecular weight is 437 g/mol. The Labute approximate surface area is 177 Å². The van der Waals surface area contributed by atoms with Gasteiger partial charge in [0, 0.05) is 25.9 Å². The van der Waals surface area contributed by atoms with E-state index in [0.29, 0.717) is 11.2 Å². The van der Waals surface area contributed by atoms with Crippen LogP contribution in [0.4, 0.5) is 5.82 Å². The van der Waals surface area contributed by atoms with E-state index in [1.165, 1.54) is 17.2 Å². The summed E-state index contributed by atoms with van der Waals surface area (Å²) < 4.78 is 6.85. The highest BCUT2D eigenvalue weighted by atomic mass is 16.6. The largest absolute Gasteiger partial charge is 0.394 e. The van der Waals surface area contributed by atoms with E-state index in [2.05, 4.69) is 25.6 Å².